The molecule has 0 saturated heterocycles. The van der Waals surface area contributed by atoms with Gasteiger partial charge in [-0.1, -0.05) is 15.9 Å². The number of hydrogen-bond acceptors (Lipinski definition) is 3. The van der Waals surface area contributed by atoms with E-state index in [2.05, 4.69) is 15.9 Å². The van der Waals surface area contributed by atoms with Crippen molar-refractivity contribution in [1.82, 2.24) is 0 Å². The molecular weight excluding hydrogens is 339 g/mol. The smallest absolute Gasteiger partial charge is 0.196 e. The lowest BCUT2D eigenvalue weighted by Crippen LogP contribution is -2.07. The zero-order valence-corrected chi connectivity index (χ0v) is 13.5. The SMILES string of the molecule is COc1cc(C)c(C(=O)c2cc(Br)ccc2F)cc1OC. The van der Waals surface area contributed by atoms with Crippen molar-refractivity contribution in [2.24, 2.45) is 0 Å². The Morgan fingerprint density at radius 2 is 1.67 bits per heavy atom. The second-order valence-corrected chi connectivity index (χ2v) is 5.39. The summed E-state index contributed by atoms with van der Waals surface area (Å²) < 4.78 is 24.9. The van der Waals surface area contributed by atoms with E-state index in [0.29, 0.717) is 27.1 Å². The van der Waals surface area contributed by atoms with Gasteiger partial charge in [0.1, 0.15) is 5.82 Å². The van der Waals surface area contributed by atoms with Crippen LogP contribution in [0.1, 0.15) is 21.5 Å². The molecule has 0 atom stereocenters. The van der Waals surface area contributed by atoms with Crippen LogP contribution in [-0.4, -0.2) is 20.0 Å². The van der Waals surface area contributed by atoms with Gasteiger partial charge in [0.15, 0.2) is 17.3 Å². The summed E-state index contributed by atoms with van der Waals surface area (Å²) in [6, 6.07) is 7.54. The molecule has 0 radical (unpaired) electrons. The fourth-order valence-electron chi connectivity index (χ4n) is 2.04. The molecule has 2 aromatic rings. The van der Waals surface area contributed by atoms with Gasteiger partial charge in [-0.25, -0.2) is 4.39 Å². The van der Waals surface area contributed by atoms with Gasteiger partial charge in [0.05, 0.1) is 19.8 Å². The third-order valence-corrected chi connectivity index (χ3v) is 3.64. The predicted octanol–water partition coefficient (Wildman–Crippen LogP) is 4.14. The average Bonchev–Trinajstić information content (AvgIpc) is 2.48. The van der Waals surface area contributed by atoms with E-state index in [9.17, 15) is 9.18 Å². The highest BCUT2D eigenvalue weighted by Crippen LogP contribution is 2.31. The Labute approximate surface area is 130 Å². The molecule has 0 unspecified atom stereocenters. The van der Waals surface area contributed by atoms with E-state index >= 15 is 0 Å². The molecule has 5 heteroatoms. The summed E-state index contributed by atoms with van der Waals surface area (Å²) in [6.45, 7) is 1.77. The number of carbonyl (C=O) groups excluding carboxylic acids is 1. The van der Waals surface area contributed by atoms with E-state index in [-0.39, 0.29) is 5.56 Å². The van der Waals surface area contributed by atoms with E-state index < -0.39 is 11.6 Å². The first-order chi connectivity index (χ1) is 9.97. The van der Waals surface area contributed by atoms with Gasteiger partial charge in [-0.05, 0) is 42.8 Å². The molecule has 0 fully saturated rings. The highest BCUT2D eigenvalue weighted by Gasteiger charge is 2.19. The number of benzene rings is 2. The molecule has 0 saturated carbocycles. The maximum atomic E-state index is 13.9. The fraction of sp³-hybridized carbons (Fsp3) is 0.188. The number of hydrogen-bond donors (Lipinski definition) is 0. The van der Waals surface area contributed by atoms with Gasteiger partial charge in [-0.2, -0.15) is 0 Å². The van der Waals surface area contributed by atoms with Crippen LogP contribution in [0.2, 0.25) is 0 Å². The highest BCUT2D eigenvalue weighted by atomic mass is 79.9. The minimum atomic E-state index is -0.558. The summed E-state index contributed by atoms with van der Waals surface area (Å²) in [4.78, 5) is 12.6. The Morgan fingerprint density at radius 1 is 1.05 bits per heavy atom. The van der Waals surface area contributed by atoms with Gasteiger partial charge in [-0.3, -0.25) is 4.79 Å². The fourth-order valence-corrected chi connectivity index (χ4v) is 2.40. The van der Waals surface area contributed by atoms with Crippen LogP contribution in [0.25, 0.3) is 0 Å². The number of methoxy groups -OCH3 is 2. The molecule has 110 valence electrons. The first-order valence-electron chi connectivity index (χ1n) is 6.20. The van der Waals surface area contributed by atoms with Crippen molar-refractivity contribution in [1.29, 1.82) is 0 Å². The molecule has 2 aromatic carbocycles. The van der Waals surface area contributed by atoms with Crippen molar-refractivity contribution < 1.29 is 18.7 Å². The monoisotopic (exact) mass is 352 g/mol. The van der Waals surface area contributed by atoms with Crippen molar-refractivity contribution in [3.05, 3.63) is 57.3 Å². The van der Waals surface area contributed by atoms with Gasteiger partial charge < -0.3 is 9.47 Å². The number of aryl methyl sites for hydroxylation is 1. The van der Waals surface area contributed by atoms with Crippen LogP contribution in [0.5, 0.6) is 11.5 Å². The molecule has 0 bridgehead atoms. The molecule has 3 nitrogen and oxygen atoms in total. The molecule has 0 N–H and O–H groups in total. The number of rotatable bonds is 4. The Kier molecular flexibility index (Phi) is 4.63. The lowest BCUT2D eigenvalue weighted by atomic mass is 9.98. The molecule has 0 aromatic heterocycles. The molecular formula is C16H14BrFO3. The highest BCUT2D eigenvalue weighted by molar-refractivity contribution is 9.10. The van der Waals surface area contributed by atoms with Crippen LogP contribution in [-0.2, 0) is 0 Å². The van der Waals surface area contributed by atoms with Crippen LogP contribution in [0.15, 0.2) is 34.8 Å². The number of ether oxygens (including phenoxy) is 2. The van der Waals surface area contributed by atoms with Gasteiger partial charge in [0.2, 0.25) is 0 Å². The average molecular weight is 353 g/mol. The topological polar surface area (TPSA) is 35.5 Å². The lowest BCUT2D eigenvalue weighted by molar-refractivity contribution is 0.103. The molecule has 2 rings (SSSR count). The van der Waals surface area contributed by atoms with Crippen LogP contribution in [0.3, 0.4) is 0 Å². The van der Waals surface area contributed by atoms with E-state index in [1.807, 2.05) is 0 Å². The first kappa shape index (κ1) is 15.5. The van der Waals surface area contributed by atoms with Gasteiger partial charge in [0, 0.05) is 10.0 Å². The summed E-state index contributed by atoms with van der Waals surface area (Å²) in [6.07, 6.45) is 0. The van der Waals surface area contributed by atoms with Crippen LogP contribution < -0.4 is 9.47 Å². The second kappa shape index (κ2) is 6.26. The molecule has 0 aliphatic carbocycles. The quantitative estimate of drug-likeness (QED) is 0.775. The van der Waals surface area contributed by atoms with Crippen LogP contribution in [0.4, 0.5) is 4.39 Å². The number of ketones is 1. The summed E-state index contributed by atoms with van der Waals surface area (Å²) >= 11 is 3.24. The maximum absolute atomic E-state index is 13.9. The van der Waals surface area contributed by atoms with Crippen LogP contribution in [0, 0.1) is 12.7 Å². The van der Waals surface area contributed by atoms with Gasteiger partial charge >= 0.3 is 0 Å². The van der Waals surface area contributed by atoms with Crippen molar-refractivity contribution in [3.8, 4) is 11.5 Å². The largest absolute Gasteiger partial charge is 0.493 e. The van der Waals surface area contributed by atoms with Crippen molar-refractivity contribution in [2.75, 3.05) is 14.2 Å². The maximum Gasteiger partial charge on any atom is 0.196 e. The Morgan fingerprint density at radius 3 is 2.29 bits per heavy atom. The Hall–Kier alpha value is -1.88. The number of halogens is 2. The van der Waals surface area contributed by atoms with Crippen molar-refractivity contribution >= 4 is 21.7 Å². The minimum Gasteiger partial charge on any atom is -0.493 e. The standard InChI is InChI=1S/C16H14BrFO3/c1-9-6-14(20-2)15(21-3)8-11(9)16(19)12-7-10(17)4-5-13(12)18/h4-8H,1-3H3. The lowest BCUT2D eigenvalue weighted by Gasteiger charge is -2.12. The summed E-state index contributed by atoms with van der Waals surface area (Å²) in [5, 5.41) is 0. The second-order valence-electron chi connectivity index (χ2n) is 4.48. The normalized spacial score (nSPS) is 10.3. The third-order valence-electron chi connectivity index (χ3n) is 3.15. The van der Waals surface area contributed by atoms with E-state index in [4.69, 9.17) is 9.47 Å². The van der Waals surface area contributed by atoms with Crippen molar-refractivity contribution in [3.63, 3.8) is 0 Å². The van der Waals surface area contributed by atoms with Crippen molar-refractivity contribution in [2.45, 2.75) is 6.92 Å². The van der Waals surface area contributed by atoms with Crippen LogP contribution >= 0.6 is 15.9 Å². The van der Waals surface area contributed by atoms with E-state index in [1.165, 1.54) is 26.4 Å². The molecule has 0 amide bonds. The van der Waals surface area contributed by atoms with Gasteiger partial charge in [-0.15, -0.1) is 0 Å². The summed E-state index contributed by atoms with van der Waals surface area (Å²) in [5.41, 5.74) is 1.08. The minimum absolute atomic E-state index is 0.0136. The molecule has 0 aliphatic rings. The summed E-state index contributed by atoms with van der Waals surface area (Å²) in [7, 11) is 3.01. The Bertz CT molecular complexity index is 698. The Balaban J connectivity index is 2.55. The zero-order valence-electron chi connectivity index (χ0n) is 11.9. The zero-order chi connectivity index (χ0) is 15.6. The molecule has 21 heavy (non-hydrogen) atoms. The first-order valence-corrected chi connectivity index (χ1v) is 6.99. The van der Waals surface area contributed by atoms with E-state index in [1.54, 1.807) is 25.1 Å². The van der Waals surface area contributed by atoms with E-state index in [0.717, 1.165) is 0 Å². The molecule has 0 spiro atoms. The molecule has 0 aliphatic heterocycles. The van der Waals surface area contributed by atoms with Gasteiger partial charge in [0.25, 0.3) is 0 Å². The summed E-state index contributed by atoms with van der Waals surface area (Å²) in [5.74, 6) is 0.00718. The third kappa shape index (κ3) is 3.08. The molecule has 0 heterocycles. The number of carbonyl (C=O) groups is 1. The predicted molar refractivity (Wildman–Crippen MR) is 81.8 cm³/mol.